The molecule has 0 aliphatic heterocycles. The Bertz CT molecular complexity index is 460. The minimum atomic E-state index is -0.720. The molecule has 0 aliphatic carbocycles. The van der Waals surface area contributed by atoms with Crippen LogP contribution >= 0.6 is 24.0 Å². The molecule has 0 heterocycles. The van der Waals surface area contributed by atoms with Crippen LogP contribution in [-0.2, 0) is 4.79 Å². The van der Waals surface area contributed by atoms with Crippen LogP contribution in [0.3, 0.4) is 0 Å². The van der Waals surface area contributed by atoms with E-state index in [1.54, 1.807) is 14.0 Å². The summed E-state index contributed by atoms with van der Waals surface area (Å²) in [6, 6.07) is 3.68. The highest BCUT2D eigenvalue weighted by Crippen LogP contribution is 2.26. The molecule has 7 heteroatoms. The zero-order valence-electron chi connectivity index (χ0n) is 11.6. The summed E-state index contributed by atoms with van der Waals surface area (Å²) in [4.78, 5) is 13.6. The molecule has 4 nitrogen and oxygen atoms in total. The van der Waals surface area contributed by atoms with Gasteiger partial charge in [0.2, 0.25) is 0 Å². The molecule has 0 saturated heterocycles. The second kappa shape index (κ2) is 8.29. The molecule has 0 spiro atoms. The highest BCUT2D eigenvalue weighted by atomic mass is 35.5. The van der Waals surface area contributed by atoms with E-state index in [0.29, 0.717) is 6.54 Å². The Hall–Kier alpha value is -1.04. The third-order valence-electron chi connectivity index (χ3n) is 2.90. The lowest BCUT2D eigenvalue weighted by Crippen LogP contribution is -2.45. The summed E-state index contributed by atoms with van der Waals surface area (Å²) in [5.74, 6) is -0.388. The number of nitrogens with zero attached hydrogens (tertiary/aromatic N) is 1. The summed E-state index contributed by atoms with van der Waals surface area (Å²) in [7, 11) is 1.66. The molecular weight excluding hydrogens is 306 g/mol. The van der Waals surface area contributed by atoms with Gasteiger partial charge in [0.05, 0.1) is 5.02 Å². The van der Waals surface area contributed by atoms with Gasteiger partial charge in [-0.2, -0.15) is 0 Å². The fourth-order valence-corrected chi connectivity index (χ4v) is 1.69. The van der Waals surface area contributed by atoms with Gasteiger partial charge >= 0.3 is 0 Å². The topological polar surface area (TPSA) is 55.6 Å². The van der Waals surface area contributed by atoms with E-state index in [1.807, 2.05) is 6.92 Å². The minimum Gasteiger partial charge on any atom is -0.479 e. The van der Waals surface area contributed by atoms with Crippen molar-refractivity contribution >= 4 is 29.9 Å². The Morgan fingerprint density at radius 1 is 1.50 bits per heavy atom. The largest absolute Gasteiger partial charge is 0.479 e. The molecule has 2 N–H and O–H groups in total. The molecule has 0 bridgehead atoms. The number of rotatable bonds is 5. The van der Waals surface area contributed by atoms with Crippen molar-refractivity contribution < 1.29 is 13.9 Å². The average molecular weight is 325 g/mol. The Labute approximate surface area is 129 Å². The highest BCUT2D eigenvalue weighted by molar-refractivity contribution is 6.32. The molecule has 1 rings (SSSR count). The fourth-order valence-electron chi connectivity index (χ4n) is 1.47. The predicted molar refractivity (Wildman–Crippen MR) is 80.0 cm³/mol. The molecule has 2 atom stereocenters. The number of benzene rings is 1. The average Bonchev–Trinajstić information content (AvgIpc) is 2.39. The first-order chi connectivity index (χ1) is 8.86. The third-order valence-corrected chi connectivity index (χ3v) is 3.19. The van der Waals surface area contributed by atoms with Gasteiger partial charge in [-0.3, -0.25) is 4.79 Å². The van der Waals surface area contributed by atoms with Crippen molar-refractivity contribution in [2.75, 3.05) is 13.6 Å². The van der Waals surface area contributed by atoms with Crippen molar-refractivity contribution in [3.05, 3.63) is 29.0 Å². The smallest absolute Gasteiger partial charge is 0.263 e. The number of likely N-dealkylation sites (N-methyl/N-ethyl adjacent to an activating group) is 1. The molecule has 1 amide bonds. The first-order valence-corrected chi connectivity index (χ1v) is 6.33. The highest BCUT2D eigenvalue weighted by Gasteiger charge is 2.23. The van der Waals surface area contributed by atoms with Crippen molar-refractivity contribution in [3.63, 3.8) is 0 Å². The number of halogens is 3. The minimum absolute atomic E-state index is 0. The van der Waals surface area contributed by atoms with E-state index in [1.165, 1.54) is 17.0 Å². The van der Waals surface area contributed by atoms with Gasteiger partial charge in [-0.1, -0.05) is 11.6 Å². The molecule has 0 radical (unpaired) electrons. The molecular formula is C13H19Cl2FN2O2. The van der Waals surface area contributed by atoms with Crippen molar-refractivity contribution in [1.29, 1.82) is 0 Å². The van der Waals surface area contributed by atoms with E-state index in [9.17, 15) is 9.18 Å². The van der Waals surface area contributed by atoms with Gasteiger partial charge in [-0.25, -0.2) is 4.39 Å². The molecule has 0 saturated carbocycles. The van der Waals surface area contributed by atoms with Crippen molar-refractivity contribution in [2.45, 2.75) is 26.0 Å². The number of hydrogen-bond acceptors (Lipinski definition) is 3. The normalized spacial score (nSPS) is 13.1. The lowest BCUT2D eigenvalue weighted by molar-refractivity contribution is -0.138. The van der Waals surface area contributed by atoms with Crippen LogP contribution < -0.4 is 10.5 Å². The number of hydrogen-bond donors (Lipinski definition) is 1. The summed E-state index contributed by atoms with van der Waals surface area (Å²) < 4.78 is 18.3. The van der Waals surface area contributed by atoms with Crippen LogP contribution in [0.2, 0.25) is 5.02 Å². The van der Waals surface area contributed by atoms with E-state index >= 15 is 0 Å². The number of carbonyl (C=O) groups excluding carboxylic acids is 1. The Kier molecular flexibility index (Phi) is 7.86. The predicted octanol–water partition coefficient (Wildman–Crippen LogP) is 2.47. The summed E-state index contributed by atoms with van der Waals surface area (Å²) in [6.45, 7) is 3.82. The van der Waals surface area contributed by atoms with E-state index in [-0.39, 0.29) is 35.1 Å². The van der Waals surface area contributed by atoms with Crippen LogP contribution in [0.4, 0.5) is 4.39 Å². The summed E-state index contributed by atoms with van der Waals surface area (Å²) in [6.07, 6.45) is -0.720. The molecule has 0 fully saturated rings. The monoisotopic (exact) mass is 324 g/mol. The van der Waals surface area contributed by atoms with Crippen LogP contribution in [-0.4, -0.2) is 36.5 Å². The second-order valence-electron chi connectivity index (χ2n) is 4.37. The zero-order valence-corrected chi connectivity index (χ0v) is 13.2. The Balaban J connectivity index is 0.00000361. The first kappa shape index (κ1) is 19.0. The van der Waals surface area contributed by atoms with Crippen LogP contribution in [0.5, 0.6) is 5.75 Å². The molecule has 0 aliphatic rings. The summed E-state index contributed by atoms with van der Waals surface area (Å²) in [5, 5.41) is 0.133. The lowest BCUT2D eigenvalue weighted by Gasteiger charge is -2.27. The molecule has 0 aromatic heterocycles. The molecule has 1 aromatic rings. The third kappa shape index (κ3) is 4.81. The van der Waals surface area contributed by atoms with Crippen molar-refractivity contribution in [1.82, 2.24) is 4.90 Å². The number of ether oxygens (including phenoxy) is 1. The first-order valence-electron chi connectivity index (χ1n) is 5.95. The standard InChI is InChI=1S/C13H18ClFN2O2.ClH/c1-8(7-16)17(3)13(18)9(2)19-12-5-4-10(15)6-11(12)14;/h4-6,8-9H,7,16H2,1-3H3;1H. The van der Waals surface area contributed by atoms with Gasteiger partial charge in [0, 0.05) is 19.6 Å². The summed E-state index contributed by atoms with van der Waals surface area (Å²) >= 11 is 5.84. The van der Waals surface area contributed by atoms with Crippen molar-refractivity contribution in [3.8, 4) is 5.75 Å². The lowest BCUT2D eigenvalue weighted by atomic mass is 10.2. The van der Waals surface area contributed by atoms with Crippen LogP contribution in [0.1, 0.15) is 13.8 Å². The van der Waals surface area contributed by atoms with Crippen LogP contribution in [0.15, 0.2) is 18.2 Å². The maximum Gasteiger partial charge on any atom is 0.263 e. The Morgan fingerprint density at radius 3 is 2.60 bits per heavy atom. The fraction of sp³-hybridized carbons (Fsp3) is 0.462. The van der Waals surface area contributed by atoms with Gasteiger partial charge < -0.3 is 15.4 Å². The maximum absolute atomic E-state index is 12.9. The maximum atomic E-state index is 12.9. The molecule has 1 aromatic carbocycles. The molecule has 20 heavy (non-hydrogen) atoms. The number of nitrogens with two attached hydrogens (primary N) is 1. The van der Waals surface area contributed by atoms with E-state index < -0.39 is 11.9 Å². The van der Waals surface area contributed by atoms with E-state index in [2.05, 4.69) is 0 Å². The number of amides is 1. The van der Waals surface area contributed by atoms with Gasteiger partial charge in [-0.05, 0) is 32.0 Å². The van der Waals surface area contributed by atoms with Gasteiger partial charge in [0.15, 0.2) is 6.10 Å². The Morgan fingerprint density at radius 2 is 2.10 bits per heavy atom. The van der Waals surface area contributed by atoms with E-state index in [0.717, 1.165) is 6.07 Å². The summed E-state index contributed by atoms with van der Waals surface area (Å²) in [5.41, 5.74) is 5.51. The second-order valence-corrected chi connectivity index (χ2v) is 4.78. The van der Waals surface area contributed by atoms with Crippen molar-refractivity contribution in [2.24, 2.45) is 5.73 Å². The van der Waals surface area contributed by atoms with Crippen LogP contribution in [0, 0.1) is 5.82 Å². The molecule has 114 valence electrons. The molecule has 2 unspecified atom stereocenters. The zero-order chi connectivity index (χ0) is 14.6. The van der Waals surface area contributed by atoms with Gasteiger partial charge in [-0.15, -0.1) is 12.4 Å². The van der Waals surface area contributed by atoms with Gasteiger partial charge in [0.25, 0.3) is 5.91 Å². The van der Waals surface area contributed by atoms with Gasteiger partial charge in [0.1, 0.15) is 11.6 Å². The number of carbonyl (C=O) groups is 1. The van der Waals surface area contributed by atoms with Crippen LogP contribution in [0.25, 0.3) is 0 Å². The van der Waals surface area contributed by atoms with E-state index in [4.69, 9.17) is 22.1 Å². The SMILES string of the molecule is CC(Oc1ccc(F)cc1Cl)C(=O)N(C)C(C)CN.Cl. The quantitative estimate of drug-likeness (QED) is 0.905.